The van der Waals surface area contributed by atoms with Gasteiger partial charge in [0.2, 0.25) is 5.91 Å². The molecular formula is C28H34ClN7O3. The van der Waals surface area contributed by atoms with Crippen molar-refractivity contribution >= 4 is 23.3 Å². The molecule has 4 heterocycles. The lowest BCUT2D eigenvalue weighted by Gasteiger charge is -2.41. The van der Waals surface area contributed by atoms with Crippen LogP contribution >= 0.6 is 11.6 Å². The molecule has 2 atom stereocenters. The third-order valence-corrected chi connectivity index (χ3v) is 8.28. The van der Waals surface area contributed by atoms with Crippen molar-refractivity contribution in [3.63, 3.8) is 0 Å². The number of phenolic OH excluding ortho intramolecular Hbond substituents is 1. The van der Waals surface area contributed by atoms with Crippen LogP contribution in [0.3, 0.4) is 0 Å². The molecule has 0 radical (unpaired) electrons. The first-order chi connectivity index (χ1) is 18.9. The number of likely N-dealkylation sites (N-methyl/N-ethyl adjacent to an activating group) is 1. The highest BCUT2D eigenvalue weighted by atomic mass is 35.5. The van der Waals surface area contributed by atoms with Crippen LogP contribution in [0.25, 0.3) is 0 Å². The molecule has 0 aliphatic carbocycles. The fourth-order valence-corrected chi connectivity index (χ4v) is 5.97. The minimum absolute atomic E-state index is 0.164. The largest absolute Gasteiger partial charge is 0.508 e. The maximum absolute atomic E-state index is 12.4. The lowest BCUT2D eigenvalue weighted by molar-refractivity contribution is -0.128. The smallest absolute Gasteiger partial charge is 0.318 e. The van der Waals surface area contributed by atoms with Gasteiger partial charge in [0, 0.05) is 61.5 Å². The topological polar surface area (TPSA) is 109 Å². The first-order valence-corrected chi connectivity index (χ1v) is 13.7. The fraction of sp³-hybridized carbons (Fsp3) is 0.500. The van der Waals surface area contributed by atoms with Crippen LogP contribution in [-0.2, 0) is 24.4 Å². The molecular weight excluding hydrogens is 518 g/mol. The highest BCUT2D eigenvalue weighted by Gasteiger charge is 2.34. The number of piperazine rings is 1. The van der Waals surface area contributed by atoms with Gasteiger partial charge in [-0.2, -0.15) is 15.2 Å². The predicted molar refractivity (Wildman–Crippen MR) is 147 cm³/mol. The van der Waals surface area contributed by atoms with Crippen molar-refractivity contribution in [2.75, 3.05) is 44.7 Å². The van der Waals surface area contributed by atoms with Gasteiger partial charge in [-0.1, -0.05) is 24.2 Å². The van der Waals surface area contributed by atoms with Gasteiger partial charge in [-0.3, -0.25) is 9.69 Å². The molecule has 0 spiro atoms. The van der Waals surface area contributed by atoms with Crippen LogP contribution in [0.5, 0.6) is 11.8 Å². The number of nitriles is 1. The molecule has 39 heavy (non-hydrogen) atoms. The number of carbonyl (C=O) groups excluding carboxylic acids is 1. The van der Waals surface area contributed by atoms with Gasteiger partial charge in [0.25, 0.3) is 0 Å². The maximum Gasteiger partial charge on any atom is 0.318 e. The SMILES string of the molecule is C=CC(=O)N1CCN(c2nc(OC[C@@H]3CCCN3C)nc3c2CN(Cc2c(O)cccc2Cl)C3)C[C@@H]1CC#N. The third-order valence-electron chi connectivity index (χ3n) is 7.92. The first-order valence-electron chi connectivity index (χ1n) is 13.3. The van der Waals surface area contributed by atoms with E-state index in [2.05, 4.69) is 34.4 Å². The Kier molecular flexibility index (Phi) is 8.21. The number of benzene rings is 1. The number of aromatic hydroxyl groups is 1. The molecule has 0 bridgehead atoms. The molecule has 2 aromatic rings. The monoisotopic (exact) mass is 551 g/mol. The van der Waals surface area contributed by atoms with Gasteiger partial charge in [0.1, 0.15) is 18.2 Å². The lowest BCUT2D eigenvalue weighted by Crippen LogP contribution is -2.55. The minimum Gasteiger partial charge on any atom is -0.508 e. The second-order valence-corrected chi connectivity index (χ2v) is 10.8. The van der Waals surface area contributed by atoms with E-state index in [0.717, 1.165) is 36.5 Å². The number of carbonyl (C=O) groups is 1. The molecule has 1 aromatic carbocycles. The standard InChI is InChI=1S/C28H34ClN7O3/c1-3-26(38)36-13-12-35(14-19(36)9-10-30)27-22-16-34(15-21-23(29)7-4-8-25(21)37)17-24(22)31-28(32-27)39-18-20-6-5-11-33(20)2/h3-4,7-8,19-20,37H,1,5-6,9,11-18H2,2H3/t19-,20-/m0/s1. The molecule has 10 nitrogen and oxygen atoms in total. The van der Waals surface area contributed by atoms with Crippen LogP contribution in [0.2, 0.25) is 5.02 Å². The lowest BCUT2D eigenvalue weighted by atomic mass is 10.1. The highest BCUT2D eigenvalue weighted by molar-refractivity contribution is 6.31. The summed E-state index contributed by atoms with van der Waals surface area (Å²) >= 11 is 6.40. The van der Waals surface area contributed by atoms with E-state index in [4.69, 9.17) is 26.3 Å². The number of hydrogen-bond acceptors (Lipinski definition) is 9. The summed E-state index contributed by atoms with van der Waals surface area (Å²) in [6.45, 7) is 8.31. The molecule has 1 N–H and O–H groups in total. The van der Waals surface area contributed by atoms with Crippen molar-refractivity contribution in [1.82, 2.24) is 24.7 Å². The molecule has 3 aliphatic rings. The average Bonchev–Trinajstić information content (AvgIpc) is 3.54. The van der Waals surface area contributed by atoms with E-state index in [1.807, 2.05) is 0 Å². The highest BCUT2D eigenvalue weighted by Crippen LogP contribution is 2.35. The van der Waals surface area contributed by atoms with Gasteiger partial charge in [-0.05, 0) is 44.6 Å². The molecule has 3 aliphatic heterocycles. The Labute approximate surface area is 234 Å². The van der Waals surface area contributed by atoms with E-state index in [1.165, 1.54) is 6.08 Å². The van der Waals surface area contributed by atoms with E-state index >= 15 is 0 Å². The molecule has 11 heteroatoms. The Morgan fingerprint density at radius 2 is 2.13 bits per heavy atom. The van der Waals surface area contributed by atoms with E-state index < -0.39 is 0 Å². The quantitative estimate of drug-likeness (QED) is 0.495. The average molecular weight is 552 g/mol. The van der Waals surface area contributed by atoms with Gasteiger partial charge in [0.05, 0.1) is 24.2 Å². The molecule has 1 aromatic heterocycles. The summed E-state index contributed by atoms with van der Waals surface area (Å²) in [4.78, 5) is 30.4. The number of likely N-dealkylation sites (tertiary alicyclic amines) is 1. The van der Waals surface area contributed by atoms with Crippen molar-refractivity contribution in [1.29, 1.82) is 5.26 Å². The number of nitrogens with zero attached hydrogens (tertiary/aromatic N) is 7. The Bertz CT molecular complexity index is 1260. The zero-order chi connectivity index (χ0) is 27.5. The molecule has 0 saturated carbocycles. The summed E-state index contributed by atoms with van der Waals surface area (Å²) in [5.74, 6) is 0.768. The fourth-order valence-electron chi connectivity index (χ4n) is 5.74. The van der Waals surface area contributed by atoms with Crippen LogP contribution in [0.4, 0.5) is 5.82 Å². The Balaban J connectivity index is 1.42. The zero-order valence-electron chi connectivity index (χ0n) is 22.2. The number of ether oxygens (including phenoxy) is 1. The van der Waals surface area contributed by atoms with Crippen molar-refractivity contribution in [3.05, 3.63) is 52.7 Å². The molecule has 1 amide bonds. The van der Waals surface area contributed by atoms with Crippen molar-refractivity contribution in [2.45, 2.75) is 51.0 Å². The number of halogens is 1. The number of anilines is 1. The van der Waals surface area contributed by atoms with Gasteiger partial charge in [-0.25, -0.2) is 0 Å². The summed E-state index contributed by atoms with van der Waals surface area (Å²) in [6.07, 6.45) is 3.76. The Morgan fingerprint density at radius 1 is 1.28 bits per heavy atom. The van der Waals surface area contributed by atoms with Gasteiger partial charge < -0.3 is 24.5 Å². The molecule has 2 fully saturated rings. The van der Waals surface area contributed by atoms with Gasteiger partial charge in [0.15, 0.2) is 0 Å². The summed E-state index contributed by atoms with van der Waals surface area (Å²) < 4.78 is 6.16. The van der Waals surface area contributed by atoms with Crippen LogP contribution in [0.1, 0.15) is 36.1 Å². The van der Waals surface area contributed by atoms with Crippen molar-refractivity contribution < 1.29 is 14.6 Å². The normalized spacial score (nSPS) is 21.6. The molecule has 5 rings (SSSR count). The predicted octanol–water partition coefficient (Wildman–Crippen LogP) is 2.94. The van der Waals surface area contributed by atoms with Crippen molar-refractivity contribution in [3.8, 4) is 17.8 Å². The van der Waals surface area contributed by atoms with Gasteiger partial charge in [-0.15, -0.1) is 0 Å². The molecule has 206 valence electrons. The summed E-state index contributed by atoms with van der Waals surface area (Å²) in [7, 11) is 2.11. The summed E-state index contributed by atoms with van der Waals surface area (Å²) in [5.41, 5.74) is 2.54. The number of fused-ring (bicyclic) bond motifs is 1. The zero-order valence-corrected chi connectivity index (χ0v) is 23.0. The number of phenols is 1. The van der Waals surface area contributed by atoms with Crippen molar-refractivity contribution in [2.24, 2.45) is 0 Å². The third kappa shape index (κ3) is 5.81. The molecule has 0 unspecified atom stereocenters. The second kappa shape index (κ2) is 11.8. The van der Waals surface area contributed by atoms with Crippen LogP contribution in [0.15, 0.2) is 30.9 Å². The summed E-state index contributed by atoms with van der Waals surface area (Å²) in [5, 5.41) is 20.4. The van der Waals surface area contributed by atoms with E-state index in [-0.39, 0.29) is 24.1 Å². The van der Waals surface area contributed by atoms with Gasteiger partial charge >= 0.3 is 6.01 Å². The number of hydrogen-bond donors (Lipinski definition) is 1. The second-order valence-electron chi connectivity index (χ2n) is 10.4. The number of aromatic nitrogens is 2. The molecule has 2 saturated heterocycles. The number of amides is 1. The van der Waals surface area contributed by atoms with E-state index in [0.29, 0.717) is 68.5 Å². The Morgan fingerprint density at radius 3 is 2.85 bits per heavy atom. The van der Waals surface area contributed by atoms with E-state index in [9.17, 15) is 15.2 Å². The van der Waals surface area contributed by atoms with Crippen LogP contribution < -0.4 is 9.64 Å². The first kappa shape index (κ1) is 27.2. The van der Waals surface area contributed by atoms with Crippen LogP contribution in [-0.4, -0.2) is 87.6 Å². The number of rotatable bonds is 8. The Hall–Kier alpha value is -3.39. The minimum atomic E-state index is -0.269. The van der Waals surface area contributed by atoms with Crippen LogP contribution in [0, 0.1) is 11.3 Å². The summed E-state index contributed by atoms with van der Waals surface area (Å²) in [6, 6.07) is 7.76. The maximum atomic E-state index is 12.4. The van der Waals surface area contributed by atoms with E-state index in [1.54, 1.807) is 23.1 Å².